The minimum Gasteiger partial charge on any atom is -0.481 e. The van der Waals surface area contributed by atoms with Gasteiger partial charge < -0.3 is 20.1 Å². The number of carboxylic acid groups (broad SMARTS) is 1. The lowest BCUT2D eigenvalue weighted by molar-refractivity contribution is -0.137. The number of methoxy groups -OCH3 is 1. The third-order valence-electron chi connectivity index (χ3n) is 5.94. The zero-order valence-electron chi connectivity index (χ0n) is 18.0. The number of allylic oxidation sites excluding steroid dienone is 2. The summed E-state index contributed by atoms with van der Waals surface area (Å²) >= 11 is 0. The van der Waals surface area contributed by atoms with Gasteiger partial charge in [-0.05, 0) is 44.9 Å². The van der Waals surface area contributed by atoms with Crippen LogP contribution in [0.4, 0.5) is 0 Å². The quantitative estimate of drug-likeness (QED) is 0.299. The molecule has 5 atom stereocenters. The molecule has 6 heteroatoms. The van der Waals surface area contributed by atoms with E-state index in [1.807, 2.05) is 25.2 Å². The summed E-state index contributed by atoms with van der Waals surface area (Å²) in [6.45, 7) is 4.49. The van der Waals surface area contributed by atoms with Gasteiger partial charge in [-0.3, -0.25) is 9.59 Å². The highest BCUT2D eigenvalue weighted by Gasteiger charge is 2.39. The summed E-state index contributed by atoms with van der Waals surface area (Å²) in [4.78, 5) is 22.8. The molecule has 1 rings (SSSR count). The van der Waals surface area contributed by atoms with E-state index >= 15 is 0 Å². The van der Waals surface area contributed by atoms with Crippen LogP contribution in [0.3, 0.4) is 0 Å². The number of carbonyl (C=O) groups excluding carboxylic acids is 1. The van der Waals surface area contributed by atoms with Gasteiger partial charge in [0.05, 0.1) is 11.7 Å². The molecule has 0 aromatic rings. The van der Waals surface area contributed by atoms with E-state index in [0.717, 1.165) is 19.3 Å². The molecule has 0 spiro atoms. The summed E-state index contributed by atoms with van der Waals surface area (Å²) in [7, 11) is 1.68. The molecule has 0 radical (unpaired) electrons. The smallest absolute Gasteiger partial charge is 0.303 e. The predicted molar refractivity (Wildman–Crippen MR) is 113 cm³/mol. The van der Waals surface area contributed by atoms with Crippen molar-refractivity contribution in [2.45, 2.75) is 76.9 Å². The van der Waals surface area contributed by atoms with Crippen LogP contribution >= 0.6 is 0 Å². The van der Waals surface area contributed by atoms with Crippen molar-refractivity contribution in [2.24, 2.45) is 17.8 Å². The van der Waals surface area contributed by atoms with Crippen molar-refractivity contribution in [3.05, 3.63) is 24.3 Å². The number of aliphatic hydroxyl groups excluding tert-OH is 1. The van der Waals surface area contributed by atoms with Crippen molar-refractivity contribution < 1.29 is 29.6 Å². The number of hydrogen-bond acceptors (Lipinski definition) is 5. The highest BCUT2D eigenvalue weighted by atomic mass is 16.5. The molecule has 0 aromatic heterocycles. The van der Waals surface area contributed by atoms with Crippen LogP contribution in [0.2, 0.25) is 0 Å². The van der Waals surface area contributed by atoms with Crippen LogP contribution in [0.25, 0.3) is 0 Å². The molecule has 0 saturated heterocycles. The largest absolute Gasteiger partial charge is 0.481 e. The van der Waals surface area contributed by atoms with Crippen molar-refractivity contribution >= 4 is 11.8 Å². The summed E-state index contributed by atoms with van der Waals surface area (Å²) in [6.07, 6.45) is 11.5. The van der Waals surface area contributed by atoms with Crippen molar-refractivity contribution in [3.8, 4) is 0 Å². The van der Waals surface area contributed by atoms with Crippen molar-refractivity contribution in [1.29, 1.82) is 0 Å². The highest BCUT2D eigenvalue weighted by molar-refractivity contribution is 5.84. The van der Waals surface area contributed by atoms with E-state index in [9.17, 15) is 19.8 Å². The van der Waals surface area contributed by atoms with Gasteiger partial charge in [-0.15, -0.1) is 0 Å². The van der Waals surface area contributed by atoms with E-state index in [1.54, 1.807) is 20.1 Å². The van der Waals surface area contributed by atoms with E-state index in [2.05, 4.69) is 0 Å². The Morgan fingerprint density at radius 1 is 1.31 bits per heavy atom. The number of carbonyl (C=O) groups is 2. The highest BCUT2D eigenvalue weighted by Crippen LogP contribution is 2.34. The summed E-state index contributed by atoms with van der Waals surface area (Å²) in [5.41, 5.74) is -1.00. The van der Waals surface area contributed by atoms with Gasteiger partial charge in [-0.2, -0.15) is 0 Å². The molecule has 3 N–H and O–H groups in total. The lowest BCUT2D eigenvalue weighted by Crippen LogP contribution is -2.31. The van der Waals surface area contributed by atoms with Gasteiger partial charge >= 0.3 is 5.97 Å². The second-order valence-corrected chi connectivity index (χ2v) is 8.39. The number of unbranched alkanes of at least 4 members (excludes halogenated alkanes) is 2. The molecule has 1 aliphatic rings. The second kappa shape index (κ2) is 12.9. The summed E-state index contributed by atoms with van der Waals surface area (Å²) in [5.74, 6) is -1.33. The van der Waals surface area contributed by atoms with Gasteiger partial charge in [0, 0.05) is 38.4 Å². The number of Topliss-reactive ketones (excluding diaryl/α,β-unsaturated/α-hetero) is 1. The lowest BCUT2D eigenvalue weighted by atomic mass is 9.83. The molecular weight excluding hydrogens is 372 g/mol. The van der Waals surface area contributed by atoms with E-state index in [4.69, 9.17) is 9.84 Å². The molecule has 0 aliphatic heterocycles. The molecule has 1 aliphatic carbocycles. The Hall–Kier alpha value is -1.50. The molecule has 1 fully saturated rings. The molecule has 1 saturated carbocycles. The maximum atomic E-state index is 12.3. The molecule has 0 heterocycles. The minimum absolute atomic E-state index is 0.0367. The summed E-state index contributed by atoms with van der Waals surface area (Å²) < 4.78 is 5.05. The van der Waals surface area contributed by atoms with Crippen LogP contribution in [0.15, 0.2) is 24.3 Å². The Labute approximate surface area is 174 Å². The Morgan fingerprint density at radius 3 is 2.69 bits per heavy atom. The fourth-order valence-electron chi connectivity index (χ4n) is 3.72. The van der Waals surface area contributed by atoms with Crippen molar-refractivity contribution in [2.75, 3.05) is 13.7 Å². The zero-order valence-corrected chi connectivity index (χ0v) is 18.0. The molecule has 2 unspecified atom stereocenters. The van der Waals surface area contributed by atoms with Crippen LogP contribution in [-0.4, -0.2) is 52.5 Å². The predicted octanol–water partition coefficient (Wildman–Crippen LogP) is 3.51. The first kappa shape index (κ1) is 25.5. The Balaban J connectivity index is 2.61. The standard InChI is InChI=1S/C23H38O6/c1-17(10-8-9-15-29-3)23(2,28)14-13-19-18(20(24)16-21(19)25)11-6-4-5-7-12-22(26)27/h4,6,13-14,17-19,21,25,28H,5,7-12,15-16H2,1-3H3,(H,26,27)/b6-4-,14-13+/t17?,18-,19-,21-,23?/m1/s1. The first-order chi connectivity index (χ1) is 13.7. The Morgan fingerprint density at radius 2 is 2.03 bits per heavy atom. The number of hydrogen-bond donors (Lipinski definition) is 3. The molecule has 0 bridgehead atoms. The first-order valence-corrected chi connectivity index (χ1v) is 10.7. The van der Waals surface area contributed by atoms with E-state index in [0.29, 0.717) is 25.9 Å². The molecule has 0 aromatic carbocycles. The van der Waals surface area contributed by atoms with Crippen LogP contribution in [0, 0.1) is 17.8 Å². The van der Waals surface area contributed by atoms with Crippen LogP contribution < -0.4 is 0 Å². The number of ketones is 1. The van der Waals surface area contributed by atoms with E-state index in [1.165, 1.54) is 0 Å². The SMILES string of the molecule is COCCCCC(C)C(C)(O)/C=C/[C@H]1[C@H](O)CC(=O)[C@@H]1C/C=C\CCCC(=O)O. The van der Waals surface area contributed by atoms with Crippen LogP contribution in [0.1, 0.15) is 65.2 Å². The van der Waals surface area contributed by atoms with Gasteiger partial charge in [0.2, 0.25) is 0 Å². The van der Waals surface area contributed by atoms with Crippen LogP contribution in [-0.2, 0) is 14.3 Å². The Kier molecular flexibility index (Phi) is 11.4. The number of carboxylic acids is 1. The summed E-state index contributed by atoms with van der Waals surface area (Å²) in [6, 6.07) is 0. The molecule has 29 heavy (non-hydrogen) atoms. The molecular formula is C23H38O6. The maximum Gasteiger partial charge on any atom is 0.303 e. The number of ether oxygens (including phenoxy) is 1. The third-order valence-corrected chi connectivity index (χ3v) is 5.94. The van der Waals surface area contributed by atoms with Gasteiger partial charge in [0.25, 0.3) is 0 Å². The average Bonchev–Trinajstić information content (AvgIpc) is 2.92. The van der Waals surface area contributed by atoms with Gasteiger partial charge in [-0.25, -0.2) is 0 Å². The van der Waals surface area contributed by atoms with Crippen molar-refractivity contribution in [3.63, 3.8) is 0 Å². The fourth-order valence-corrected chi connectivity index (χ4v) is 3.72. The zero-order chi connectivity index (χ0) is 21.9. The second-order valence-electron chi connectivity index (χ2n) is 8.39. The first-order valence-electron chi connectivity index (χ1n) is 10.7. The number of aliphatic hydroxyl groups is 2. The van der Waals surface area contributed by atoms with E-state index in [-0.39, 0.29) is 36.4 Å². The topological polar surface area (TPSA) is 104 Å². The monoisotopic (exact) mass is 410 g/mol. The summed E-state index contributed by atoms with van der Waals surface area (Å²) in [5, 5.41) is 29.8. The third kappa shape index (κ3) is 9.24. The lowest BCUT2D eigenvalue weighted by Gasteiger charge is -2.28. The minimum atomic E-state index is -1.00. The Bertz CT molecular complexity index is 566. The molecule has 166 valence electrons. The van der Waals surface area contributed by atoms with Crippen molar-refractivity contribution in [1.82, 2.24) is 0 Å². The van der Waals surface area contributed by atoms with Gasteiger partial charge in [-0.1, -0.05) is 37.6 Å². The van der Waals surface area contributed by atoms with Crippen LogP contribution in [0.5, 0.6) is 0 Å². The molecule has 0 amide bonds. The number of rotatable bonds is 14. The fraction of sp³-hybridized carbons (Fsp3) is 0.739. The average molecular weight is 411 g/mol. The van der Waals surface area contributed by atoms with E-state index < -0.39 is 17.7 Å². The van der Waals surface area contributed by atoms with Gasteiger partial charge in [0.15, 0.2) is 0 Å². The number of aliphatic carboxylic acids is 1. The maximum absolute atomic E-state index is 12.3. The van der Waals surface area contributed by atoms with Gasteiger partial charge in [0.1, 0.15) is 5.78 Å². The normalized spacial score (nSPS) is 25.7. The molecule has 6 nitrogen and oxygen atoms in total.